The molecule has 0 radical (unpaired) electrons. The van der Waals surface area contributed by atoms with E-state index in [-0.39, 0.29) is 0 Å². The highest BCUT2D eigenvalue weighted by Gasteiger charge is 2.25. The van der Waals surface area contributed by atoms with Crippen molar-refractivity contribution in [1.29, 1.82) is 0 Å². The van der Waals surface area contributed by atoms with E-state index in [1.165, 1.54) is 82.0 Å². The van der Waals surface area contributed by atoms with Gasteiger partial charge in [0, 0.05) is 6.42 Å². The molecule has 24 heavy (non-hydrogen) atoms. The fourth-order valence-corrected chi connectivity index (χ4v) is 3.08. The molecule has 4 heteroatoms. The lowest BCUT2D eigenvalue weighted by atomic mass is 10.1. The van der Waals surface area contributed by atoms with Gasteiger partial charge in [-0.15, -0.1) is 0 Å². The van der Waals surface area contributed by atoms with E-state index in [1.54, 1.807) is 0 Å². The van der Waals surface area contributed by atoms with Gasteiger partial charge in [-0.1, -0.05) is 53.4 Å². The van der Waals surface area contributed by atoms with Crippen molar-refractivity contribution in [2.75, 3.05) is 32.8 Å². The zero-order chi connectivity index (χ0) is 18.3. The van der Waals surface area contributed by atoms with Crippen LogP contribution in [0.5, 0.6) is 0 Å². The lowest BCUT2D eigenvalue weighted by molar-refractivity contribution is -0.929. The molecule has 4 nitrogen and oxygen atoms in total. The van der Waals surface area contributed by atoms with Crippen LogP contribution in [0.1, 0.15) is 85.5 Å². The first kappa shape index (κ1) is 23.4. The molecule has 0 bridgehead atoms. The number of rotatable bonds is 13. The summed E-state index contributed by atoms with van der Waals surface area (Å²) in [6.07, 6.45) is 11.2. The first-order chi connectivity index (χ1) is 11.5. The van der Waals surface area contributed by atoms with Crippen LogP contribution < -0.4 is 0 Å². The minimum Gasteiger partial charge on any atom is -0.479 e. The highest BCUT2D eigenvalue weighted by atomic mass is 16.5. The average molecular weight is 345 g/mol. The summed E-state index contributed by atoms with van der Waals surface area (Å²) in [6, 6.07) is 0. The Bertz CT molecular complexity index is 266. The third-order valence-electron chi connectivity index (χ3n) is 4.92. The minimum atomic E-state index is -0.841. The summed E-state index contributed by atoms with van der Waals surface area (Å²) in [6.45, 7) is 15.6. The molecule has 0 aromatic heterocycles. The Kier molecular flexibility index (Phi) is 14.3. The van der Waals surface area contributed by atoms with Gasteiger partial charge in [-0.2, -0.15) is 0 Å². The van der Waals surface area contributed by atoms with Gasteiger partial charge in [0.1, 0.15) is 0 Å². The number of carboxylic acid groups (broad SMARTS) is 1. The van der Waals surface area contributed by atoms with Gasteiger partial charge in [-0.25, -0.2) is 4.79 Å². The van der Waals surface area contributed by atoms with Crippen LogP contribution in [0.25, 0.3) is 0 Å². The van der Waals surface area contributed by atoms with E-state index >= 15 is 0 Å². The predicted octanol–water partition coefficient (Wildman–Crippen LogP) is 4.86. The van der Waals surface area contributed by atoms with Gasteiger partial charge >= 0.3 is 5.97 Å². The van der Waals surface area contributed by atoms with Crippen molar-refractivity contribution in [3.05, 3.63) is 0 Å². The quantitative estimate of drug-likeness (QED) is 0.485. The first-order valence-corrected chi connectivity index (χ1v) is 10.2. The highest BCUT2D eigenvalue weighted by molar-refractivity contribution is 5.72. The molecule has 1 saturated heterocycles. The number of aliphatic carboxylic acids is 1. The van der Waals surface area contributed by atoms with Gasteiger partial charge in [-0.05, 0) is 25.7 Å². The standard InChI is InChI=1S/C16H36N.C4H6O3/c1-5-9-13-17(14-10-6-2,15-11-7-3)16-12-8-4;5-4(6)3-1-2-7-3/h5-16H2,1-4H3;3H,1-2H2,(H,5,6)/q+1;. The SMILES string of the molecule is CCCC[N+](CCCC)(CCCC)CCCC.O=C(O)C1CCO1. The van der Waals surface area contributed by atoms with Crippen molar-refractivity contribution >= 4 is 5.97 Å². The van der Waals surface area contributed by atoms with E-state index in [2.05, 4.69) is 32.4 Å². The van der Waals surface area contributed by atoms with Crippen LogP contribution in [0.3, 0.4) is 0 Å². The molecule has 0 aromatic carbocycles. The number of carbonyl (C=O) groups is 1. The zero-order valence-corrected chi connectivity index (χ0v) is 16.7. The number of ether oxygens (including phenoxy) is 1. The van der Waals surface area contributed by atoms with Crippen LogP contribution in [0.15, 0.2) is 0 Å². The number of hydrogen-bond donors (Lipinski definition) is 1. The summed E-state index contributed by atoms with van der Waals surface area (Å²) < 4.78 is 6.01. The Labute approximate surface area is 150 Å². The summed E-state index contributed by atoms with van der Waals surface area (Å²) in [7, 11) is 0. The third kappa shape index (κ3) is 10.3. The van der Waals surface area contributed by atoms with Crippen molar-refractivity contribution in [3.63, 3.8) is 0 Å². The lowest BCUT2D eigenvalue weighted by Gasteiger charge is -2.39. The van der Waals surface area contributed by atoms with Crippen LogP contribution in [-0.2, 0) is 9.53 Å². The number of quaternary nitrogens is 1. The van der Waals surface area contributed by atoms with Gasteiger partial charge in [0.05, 0.1) is 32.8 Å². The molecular formula is C20H42NO3+. The Hall–Kier alpha value is -0.610. The van der Waals surface area contributed by atoms with Gasteiger partial charge in [0.25, 0.3) is 0 Å². The summed E-state index contributed by atoms with van der Waals surface area (Å²) in [5.41, 5.74) is 0. The topological polar surface area (TPSA) is 46.5 Å². The van der Waals surface area contributed by atoms with E-state index < -0.39 is 12.1 Å². The summed E-state index contributed by atoms with van der Waals surface area (Å²) in [5.74, 6) is -0.841. The van der Waals surface area contributed by atoms with E-state index in [4.69, 9.17) is 5.11 Å². The van der Waals surface area contributed by atoms with Gasteiger partial charge < -0.3 is 14.3 Å². The summed E-state index contributed by atoms with van der Waals surface area (Å²) in [5, 5.41) is 8.11. The molecule has 1 aliphatic heterocycles. The Balaban J connectivity index is 0.000000620. The van der Waals surface area contributed by atoms with Gasteiger partial charge in [0.15, 0.2) is 6.10 Å². The maximum Gasteiger partial charge on any atom is 0.332 e. The zero-order valence-electron chi connectivity index (χ0n) is 16.7. The second-order valence-corrected chi connectivity index (χ2v) is 7.14. The molecule has 1 unspecified atom stereocenters. The molecule has 1 heterocycles. The smallest absolute Gasteiger partial charge is 0.332 e. The number of nitrogens with zero attached hydrogens (tertiary/aromatic N) is 1. The van der Waals surface area contributed by atoms with Gasteiger partial charge in [-0.3, -0.25) is 0 Å². The predicted molar refractivity (Wildman–Crippen MR) is 101 cm³/mol. The van der Waals surface area contributed by atoms with Crippen molar-refractivity contribution < 1.29 is 19.1 Å². The van der Waals surface area contributed by atoms with E-state index in [1.807, 2.05) is 0 Å². The van der Waals surface area contributed by atoms with Crippen LogP contribution in [-0.4, -0.2) is 54.4 Å². The summed E-state index contributed by atoms with van der Waals surface area (Å²) >= 11 is 0. The minimum absolute atomic E-state index is 0.500. The van der Waals surface area contributed by atoms with Crippen LogP contribution in [0.2, 0.25) is 0 Å². The Morgan fingerprint density at radius 3 is 1.33 bits per heavy atom. The van der Waals surface area contributed by atoms with E-state index in [0.29, 0.717) is 13.0 Å². The molecule has 144 valence electrons. The molecule has 0 aromatic rings. The fourth-order valence-electron chi connectivity index (χ4n) is 3.08. The molecule has 1 aliphatic rings. The van der Waals surface area contributed by atoms with Crippen molar-refractivity contribution in [2.45, 2.75) is 91.6 Å². The molecule has 1 N–H and O–H groups in total. The summed E-state index contributed by atoms with van der Waals surface area (Å²) in [4.78, 5) is 9.86. The first-order valence-electron chi connectivity index (χ1n) is 10.2. The van der Waals surface area contributed by atoms with Gasteiger partial charge in [0.2, 0.25) is 0 Å². The number of unbranched alkanes of at least 4 members (excludes halogenated alkanes) is 4. The molecule has 1 fully saturated rings. The van der Waals surface area contributed by atoms with E-state index in [9.17, 15) is 4.79 Å². The number of hydrogen-bond acceptors (Lipinski definition) is 2. The average Bonchev–Trinajstić information content (AvgIpc) is 2.52. The monoisotopic (exact) mass is 344 g/mol. The normalized spacial score (nSPS) is 16.9. The second kappa shape index (κ2) is 14.7. The largest absolute Gasteiger partial charge is 0.479 e. The fraction of sp³-hybridized carbons (Fsp3) is 0.950. The number of carboxylic acids is 1. The maximum atomic E-state index is 9.86. The van der Waals surface area contributed by atoms with Crippen LogP contribution in [0.4, 0.5) is 0 Å². The van der Waals surface area contributed by atoms with Crippen LogP contribution in [0, 0.1) is 0 Å². The molecular weight excluding hydrogens is 302 g/mol. The highest BCUT2D eigenvalue weighted by Crippen LogP contribution is 2.16. The van der Waals surface area contributed by atoms with Crippen molar-refractivity contribution in [2.24, 2.45) is 0 Å². The molecule has 0 spiro atoms. The second-order valence-electron chi connectivity index (χ2n) is 7.14. The Morgan fingerprint density at radius 2 is 1.21 bits per heavy atom. The molecule has 1 atom stereocenters. The molecule has 1 rings (SSSR count). The van der Waals surface area contributed by atoms with Crippen LogP contribution >= 0.6 is 0 Å². The van der Waals surface area contributed by atoms with Crippen molar-refractivity contribution in [1.82, 2.24) is 0 Å². The molecule has 0 aliphatic carbocycles. The van der Waals surface area contributed by atoms with E-state index in [0.717, 1.165) is 0 Å². The lowest BCUT2D eigenvalue weighted by Crippen LogP contribution is -2.50. The maximum absolute atomic E-state index is 9.86. The Morgan fingerprint density at radius 1 is 0.875 bits per heavy atom. The molecule has 0 saturated carbocycles. The third-order valence-corrected chi connectivity index (χ3v) is 4.92. The molecule has 0 amide bonds. The van der Waals surface area contributed by atoms with Crippen molar-refractivity contribution in [3.8, 4) is 0 Å².